The van der Waals surface area contributed by atoms with E-state index < -0.39 is 0 Å². The van der Waals surface area contributed by atoms with E-state index in [0.717, 1.165) is 0 Å². The molecule has 0 N–H and O–H groups in total. The fourth-order valence-electron chi connectivity index (χ4n) is 1.27. The Bertz CT molecular complexity index is 321. The van der Waals surface area contributed by atoms with E-state index in [9.17, 15) is 4.79 Å². The van der Waals surface area contributed by atoms with Gasteiger partial charge in [0.05, 0.1) is 5.88 Å². The maximum absolute atomic E-state index is 11.1. The Morgan fingerprint density at radius 1 is 1.40 bits per heavy atom. The number of ketones is 1. The molecule has 0 bridgehead atoms. The van der Waals surface area contributed by atoms with E-state index in [1.807, 2.05) is 0 Å². The Morgan fingerprint density at radius 3 is 2.53 bits per heavy atom. The molecule has 3 heteroatoms. The first-order chi connectivity index (χ1) is 7.11. The summed E-state index contributed by atoms with van der Waals surface area (Å²) in [6.45, 7) is 4.11. The van der Waals surface area contributed by atoms with E-state index in [1.165, 1.54) is 10.5 Å². The first-order valence-corrected chi connectivity index (χ1v) is 6.34. The third-order valence-corrected chi connectivity index (χ3v) is 3.43. The highest BCUT2D eigenvalue weighted by molar-refractivity contribution is 8.00. The lowest BCUT2D eigenvalue weighted by molar-refractivity contribution is -0.116. The van der Waals surface area contributed by atoms with E-state index in [4.69, 9.17) is 11.6 Å². The Kier molecular flexibility index (Phi) is 5.20. The van der Waals surface area contributed by atoms with Crippen molar-refractivity contribution in [1.82, 2.24) is 0 Å². The van der Waals surface area contributed by atoms with Gasteiger partial charge in [-0.25, -0.2) is 0 Å². The van der Waals surface area contributed by atoms with Gasteiger partial charge in [-0.1, -0.05) is 24.6 Å². The van der Waals surface area contributed by atoms with E-state index in [-0.39, 0.29) is 11.7 Å². The third kappa shape index (κ3) is 4.72. The van der Waals surface area contributed by atoms with Crippen LogP contribution in [0.3, 0.4) is 0 Å². The van der Waals surface area contributed by atoms with Gasteiger partial charge in [-0.2, -0.15) is 0 Å². The van der Waals surface area contributed by atoms with Crippen molar-refractivity contribution in [3.05, 3.63) is 29.8 Å². The number of rotatable bonds is 5. The summed E-state index contributed by atoms with van der Waals surface area (Å²) in [5.41, 5.74) is 1.25. The molecule has 0 heterocycles. The number of carbonyl (C=O) groups is 1. The molecule has 0 spiro atoms. The number of alkyl halides is 1. The Balaban J connectivity index is 2.47. The molecule has 0 aromatic heterocycles. The van der Waals surface area contributed by atoms with Crippen LogP contribution in [-0.4, -0.2) is 16.9 Å². The summed E-state index contributed by atoms with van der Waals surface area (Å²) in [6.07, 6.45) is 0.544. The van der Waals surface area contributed by atoms with Crippen LogP contribution < -0.4 is 0 Å². The van der Waals surface area contributed by atoms with E-state index >= 15 is 0 Å². The monoisotopic (exact) mass is 242 g/mol. The highest BCUT2D eigenvalue weighted by atomic mass is 35.5. The van der Waals surface area contributed by atoms with Crippen LogP contribution >= 0.6 is 23.4 Å². The second-order valence-corrected chi connectivity index (χ2v) is 5.40. The minimum absolute atomic E-state index is 0.115. The molecule has 1 rings (SSSR count). The number of halogens is 1. The molecule has 1 aromatic rings. The quantitative estimate of drug-likeness (QED) is 0.579. The maximum Gasteiger partial charge on any atom is 0.148 e. The summed E-state index contributed by atoms with van der Waals surface area (Å²) in [6, 6.07) is 8.33. The van der Waals surface area contributed by atoms with Gasteiger partial charge in [-0.3, -0.25) is 4.79 Å². The molecule has 1 atom stereocenters. The van der Waals surface area contributed by atoms with Crippen molar-refractivity contribution in [3.8, 4) is 0 Å². The second kappa shape index (κ2) is 6.19. The fourth-order valence-corrected chi connectivity index (χ4v) is 2.40. The van der Waals surface area contributed by atoms with Gasteiger partial charge in [0.1, 0.15) is 5.78 Å². The molecular weight excluding hydrogens is 228 g/mol. The molecule has 1 unspecified atom stereocenters. The van der Waals surface area contributed by atoms with Gasteiger partial charge in [-0.15, -0.1) is 23.4 Å². The predicted molar refractivity (Wildman–Crippen MR) is 66.8 cm³/mol. The summed E-state index contributed by atoms with van der Waals surface area (Å²) in [5.74, 6) is 0.238. The predicted octanol–water partition coefficient (Wildman–Crippen LogP) is 3.67. The van der Waals surface area contributed by atoms with Crippen molar-refractivity contribution in [2.45, 2.75) is 30.4 Å². The largest absolute Gasteiger partial charge is 0.298 e. The lowest BCUT2D eigenvalue weighted by Gasteiger charge is -2.09. The molecule has 0 aliphatic carbocycles. The van der Waals surface area contributed by atoms with Gasteiger partial charge < -0.3 is 0 Å². The SMILES string of the molecule is Cc1ccc(SC(C)CC(=O)CCl)cc1. The van der Waals surface area contributed by atoms with E-state index in [1.54, 1.807) is 11.8 Å². The van der Waals surface area contributed by atoms with E-state index in [0.29, 0.717) is 11.7 Å². The zero-order valence-corrected chi connectivity index (χ0v) is 10.6. The topological polar surface area (TPSA) is 17.1 Å². The number of aryl methyl sites for hydroxylation is 1. The highest BCUT2D eigenvalue weighted by Crippen LogP contribution is 2.25. The number of hydrogen-bond donors (Lipinski definition) is 0. The zero-order chi connectivity index (χ0) is 11.3. The smallest absolute Gasteiger partial charge is 0.148 e. The number of thioether (sulfide) groups is 1. The van der Waals surface area contributed by atoms with Crippen molar-refractivity contribution in [1.29, 1.82) is 0 Å². The molecular formula is C12H15ClOS. The molecule has 0 radical (unpaired) electrons. The Hall–Kier alpha value is -0.470. The molecule has 0 fully saturated rings. The highest BCUT2D eigenvalue weighted by Gasteiger charge is 2.09. The fraction of sp³-hybridized carbons (Fsp3) is 0.417. The van der Waals surface area contributed by atoms with Crippen LogP contribution in [0.1, 0.15) is 18.9 Å². The molecule has 0 saturated heterocycles. The van der Waals surface area contributed by atoms with Crippen LogP contribution in [0.25, 0.3) is 0 Å². The molecule has 1 aromatic carbocycles. The lowest BCUT2D eigenvalue weighted by atomic mass is 10.2. The molecule has 15 heavy (non-hydrogen) atoms. The molecule has 0 amide bonds. The van der Waals surface area contributed by atoms with Gasteiger partial charge in [0.15, 0.2) is 0 Å². The summed E-state index contributed by atoms with van der Waals surface area (Å²) in [4.78, 5) is 12.3. The van der Waals surface area contributed by atoms with Crippen molar-refractivity contribution >= 4 is 29.1 Å². The van der Waals surface area contributed by atoms with Gasteiger partial charge in [-0.05, 0) is 19.1 Å². The Labute approximate surface area is 100 Å². The number of Topliss-reactive ketones (excluding diaryl/α,β-unsaturated/α-hetero) is 1. The van der Waals surface area contributed by atoms with E-state index in [2.05, 4.69) is 38.1 Å². The van der Waals surface area contributed by atoms with Crippen molar-refractivity contribution in [3.63, 3.8) is 0 Å². The first kappa shape index (κ1) is 12.6. The minimum atomic E-state index is 0.115. The maximum atomic E-state index is 11.1. The van der Waals surface area contributed by atoms with Gasteiger partial charge in [0.25, 0.3) is 0 Å². The second-order valence-electron chi connectivity index (χ2n) is 3.62. The van der Waals surface area contributed by atoms with Crippen LogP contribution in [0, 0.1) is 6.92 Å². The normalized spacial score (nSPS) is 12.5. The molecule has 0 saturated carbocycles. The number of carbonyl (C=O) groups excluding carboxylic acids is 1. The summed E-state index contributed by atoms with van der Waals surface area (Å²) in [5, 5.41) is 0.291. The van der Waals surface area contributed by atoms with Crippen molar-refractivity contribution < 1.29 is 4.79 Å². The first-order valence-electron chi connectivity index (χ1n) is 4.93. The molecule has 0 aliphatic rings. The molecule has 1 nitrogen and oxygen atoms in total. The van der Waals surface area contributed by atoms with Gasteiger partial charge >= 0.3 is 0 Å². The van der Waals surface area contributed by atoms with Crippen molar-refractivity contribution in [2.75, 3.05) is 5.88 Å². The lowest BCUT2D eigenvalue weighted by Crippen LogP contribution is -2.07. The van der Waals surface area contributed by atoms with Crippen LogP contribution in [0.15, 0.2) is 29.2 Å². The molecule has 0 aliphatic heterocycles. The average molecular weight is 243 g/mol. The third-order valence-electron chi connectivity index (χ3n) is 2.02. The number of hydrogen-bond acceptors (Lipinski definition) is 2. The van der Waals surface area contributed by atoms with Crippen LogP contribution in [0.5, 0.6) is 0 Å². The minimum Gasteiger partial charge on any atom is -0.298 e. The number of benzene rings is 1. The molecule has 82 valence electrons. The average Bonchev–Trinajstić information content (AvgIpc) is 2.21. The summed E-state index contributed by atoms with van der Waals surface area (Å²) in [7, 11) is 0. The Morgan fingerprint density at radius 2 is 2.00 bits per heavy atom. The summed E-state index contributed by atoms with van der Waals surface area (Å²) < 4.78 is 0. The van der Waals surface area contributed by atoms with Crippen molar-refractivity contribution in [2.24, 2.45) is 0 Å². The summed E-state index contributed by atoms with van der Waals surface area (Å²) >= 11 is 7.18. The zero-order valence-electron chi connectivity index (χ0n) is 9.00. The van der Waals surface area contributed by atoms with Crippen LogP contribution in [0.4, 0.5) is 0 Å². The standard InChI is InChI=1S/C12H15ClOS/c1-9-3-5-12(6-4-9)15-10(2)7-11(14)8-13/h3-6,10H,7-8H2,1-2H3. The van der Waals surface area contributed by atoms with Crippen LogP contribution in [0.2, 0.25) is 0 Å². The van der Waals surface area contributed by atoms with Gasteiger partial charge in [0, 0.05) is 16.6 Å². The van der Waals surface area contributed by atoms with Crippen LogP contribution in [-0.2, 0) is 4.79 Å². The van der Waals surface area contributed by atoms with Gasteiger partial charge in [0.2, 0.25) is 0 Å².